The number of ether oxygens (including phenoxy) is 3. The molecule has 1 heterocycles. The maximum Gasteiger partial charge on any atom is 0.332 e. The van der Waals surface area contributed by atoms with Gasteiger partial charge in [0.25, 0.3) is 0 Å². The minimum atomic E-state index is -3.70. The fourth-order valence-corrected chi connectivity index (χ4v) is 5.75. The van der Waals surface area contributed by atoms with Gasteiger partial charge >= 0.3 is 5.97 Å². The molecule has 1 aromatic rings. The minimum absolute atomic E-state index is 0.159. The first-order valence-electron chi connectivity index (χ1n) is 9.92. The zero-order valence-corrected chi connectivity index (χ0v) is 19.1. The lowest BCUT2D eigenvalue weighted by atomic mass is 10.1. The third-order valence-electron chi connectivity index (χ3n) is 4.76. The molecule has 0 N–H and O–H groups in total. The number of sulfonamides is 1. The van der Waals surface area contributed by atoms with Gasteiger partial charge in [-0.3, -0.25) is 0 Å². The summed E-state index contributed by atoms with van der Waals surface area (Å²) in [7, 11) is -2.13. The molecule has 0 radical (unpaired) electrons. The van der Waals surface area contributed by atoms with Gasteiger partial charge in [0.05, 0.1) is 18.6 Å². The topological polar surface area (TPSA) is 82.1 Å². The summed E-state index contributed by atoms with van der Waals surface area (Å²) in [5.41, 5.74) is 0.728. The molecule has 7 nitrogen and oxygen atoms in total. The SMILES string of the molecule is COc1cc(C)c(S(=O)(=O)N2CCCC[C@H]2COCC(=O)OC(C)(C)C)c(C)c1. The molecule has 164 valence electrons. The molecule has 2 rings (SSSR count). The fraction of sp³-hybridized carbons (Fsp3) is 0.667. The zero-order valence-electron chi connectivity index (χ0n) is 18.3. The minimum Gasteiger partial charge on any atom is -0.497 e. The van der Waals surface area contributed by atoms with Crippen molar-refractivity contribution in [3.05, 3.63) is 23.3 Å². The van der Waals surface area contributed by atoms with Gasteiger partial charge in [0.15, 0.2) is 0 Å². The summed E-state index contributed by atoms with van der Waals surface area (Å²) in [5.74, 6) is 0.180. The number of piperidine rings is 1. The predicted octanol–water partition coefficient (Wildman–Crippen LogP) is 3.21. The molecule has 0 spiro atoms. The second-order valence-electron chi connectivity index (χ2n) is 8.46. The van der Waals surface area contributed by atoms with E-state index < -0.39 is 21.6 Å². The van der Waals surface area contributed by atoms with E-state index in [0.29, 0.717) is 34.7 Å². The third-order valence-corrected chi connectivity index (χ3v) is 7.02. The van der Waals surface area contributed by atoms with Crippen molar-refractivity contribution >= 4 is 16.0 Å². The van der Waals surface area contributed by atoms with E-state index in [0.717, 1.165) is 12.8 Å². The van der Waals surface area contributed by atoms with Crippen molar-refractivity contribution in [3.63, 3.8) is 0 Å². The number of carbonyl (C=O) groups is 1. The summed E-state index contributed by atoms with van der Waals surface area (Å²) in [6.45, 7) is 9.34. The standard InChI is InChI=1S/C21H33NO6S/c1-15-11-18(26-6)12-16(2)20(15)29(24,25)22-10-8-7-9-17(22)13-27-14-19(23)28-21(3,4)5/h11-12,17H,7-10,13-14H2,1-6H3/t17-/m0/s1. The molecule has 1 aliphatic heterocycles. The van der Waals surface area contributed by atoms with Gasteiger partial charge < -0.3 is 14.2 Å². The Labute approximate surface area is 174 Å². The van der Waals surface area contributed by atoms with Crippen LogP contribution >= 0.6 is 0 Å². The first-order valence-corrected chi connectivity index (χ1v) is 11.4. The Balaban J connectivity index is 2.15. The van der Waals surface area contributed by atoms with Crippen molar-refractivity contribution < 1.29 is 27.4 Å². The Morgan fingerprint density at radius 1 is 1.17 bits per heavy atom. The third kappa shape index (κ3) is 6.17. The van der Waals surface area contributed by atoms with Crippen LogP contribution in [0.3, 0.4) is 0 Å². The summed E-state index contributed by atoms with van der Waals surface area (Å²) < 4.78 is 44.5. The molecule has 1 atom stereocenters. The van der Waals surface area contributed by atoms with Crippen LogP contribution in [0.4, 0.5) is 0 Å². The maximum atomic E-state index is 13.5. The predicted molar refractivity (Wildman–Crippen MR) is 111 cm³/mol. The van der Waals surface area contributed by atoms with E-state index in [-0.39, 0.29) is 19.3 Å². The van der Waals surface area contributed by atoms with Gasteiger partial charge in [0.1, 0.15) is 18.0 Å². The van der Waals surface area contributed by atoms with Gasteiger partial charge in [-0.25, -0.2) is 13.2 Å². The van der Waals surface area contributed by atoms with E-state index in [1.807, 2.05) is 0 Å². The molecule has 1 saturated heterocycles. The molecule has 1 aliphatic rings. The van der Waals surface area contributed by atoms with Gasteiger partial charge in [-0.2, -0.15) is 4.31 Å². The number of carbonyl (C=O) groups excluding carboxylic acids is 1. The number of rotatable bonds is 7. The van der Waals surface area contributed by atoms with Crippen molar-refractivity contribution in [1.82, 2.24) is 4.31 Å². The molecule has 0 amide bonds. The van der Waals surface area contributed by atoms with Crippen LogP contribution in [-0.4, -0.2) is 57.2 Å². The number of hydrogen-bond donors (Lipinski definition) is 0. The van der Waals surface area contributed by atoms with E-state index in [4.69, 9.17) is 14.2 Å². The van der Waals surface area contributed by atoms with Gasteiger partial charge in [-0.15, -0.1) is 0 Å². The number of methoxy groups -OCH3 is 1. The lowest BCUT2D eigenvalue weighted by Crippen LogP contribution is -2.46. The van der Waals surface area contributed by atoms with Gasteiger partial charge in [0, 0.05) is 12.6 Å². The van der Waals surface area contributed by atoms with Crippen LogP contribution in [0.25, 0.3) is 0 Å². The van der Waals surface area contributed by atoms with Gasteiger partial charge in [-0.1, -0.05) is 6.42 Å². The number of hydrogen-bond acceptors (Lipinski definition) is 6. The maximum absolute atomic E-state index is 13.5. The average Bonchev–Trinajstić information content (AvgIpc) is 2.59. The van der Waals surface area contributed by atoms with Crippen LogP contribution in [0.5, 0.6) is 5.75 Å². The second-order valence-corrected chi connectivity index (χ2v) is 10.3. The van der Waals surface area contributed by atoms with E-state index in [2.05, 4.69) is 0 Å². The molecule has 1 aromatic carbocycles. The van der Waals surface area contributed by atoms with E-state index in [1.165, 1.54) is 4.31 Å². The lowest BCUT2D eigenvalue weighted by Gasteiger charge is -2.35. The normalized spacial score (nSPS) is 18.5. The first-order chi connectivity index (χ1) is 13.5. The summed E-state index contributed by atoms with van der Waals surface area (Å²) in [6, 6.07) is 3.16. The molecule has 0 unspecified atom stereocenters. The Morgan fingerprint density at radius 3 is 2.34 bits per heavy atom. The largest absolute Gasteiger partial charge is 0.497 e. The monoisotopic (exact) mass is 427 g/mol. The second kappa shape index (κ2) is 9.45. The smallest absolute Gasteiger partial charge is 0.332 e. The highest BCUT2D eigenvalue weighted by atomic mass is 32.2. The highest BCUT2D eigenvalue weighted by Crippen LogP contribution is 2.31. The molecule has 1 fully saturated rings. The number of aryl methyl sites for hydroxylation is 2. The van der Waals surface area contributed by atoms with Crippen LogP contribution in [0.1, 0.15) is 51.2 Å². The average molecular weight is 428 g/mol. The Kier molecular flexibility index (Phi) is 7.70. The van der Waals surface area contributed by atoms with Crippen LogP contribution in [-0.2, 0) is 24.3 Å². The zero-order chi connectivity index (χ0) is 21.8. The molecule has 29 heavy (non-hydrogen) atoms. The molecular formula is C21H33NO6S. The summed E-state index contributed by atoms with van der Waals surface area (Å²) in [5, 5.41) is 0. The molecular weight excluding hydrogens is 394 g/mol. The Hall–Kier alpha value is -1.64. The van der Waals surface area contributed by atoms with Crippen molar-refractivity contribution in [3.8, 4) is 5.75 Å². The lowest BCUT2D eigenvalue weighted by molar-refractivity contribution is -0.160. The summed E-state index contributed by atoms with van der Waals surface area (Å²) in [6.07, 6.45) is 2.42. The number of esters is 1. The molecule has 0 aromatic heterocycles. The van der Waals surface area contributed by atoms with Crippen molar-refractivity contribution in [2.24, 2.45) is 0 Å². The highest BCUT2D eigenvalue weighted by Gasteiger charge is 2.35. The van der Waals surface area contributed by atoms with Gasteiger partial charge in [-0.05, 0) is 70.7 Å². The summed E-state index contributed by atoms with van der Waals surface area (Å²) >= 11 is 0. The molecule has 8 heteroatoms. The van der Waals surface area contributed by atoms with E-state index in [9.17, 15) is 13.2 Å². The van der Waals surface area contributed by atoms with E-state index >= 15 is 0 Å². The van der Waals surface area contributed by atoms with Crippen LogP contribution in [0.2, 0.25) is 0 Å². The fourth-order valence-electron chi connectivity index (χ4n) is 3.66. The van der Waals surface area contributed by atoms with Gasteiger partial charge in [0.2, 0.25) is 10.0 Å². The highest BCUT2D eigenvalue weighted by molar-refractivity contribution is 7.89. The van der Waals surface area contributed by atoms with E-state index in [1.54, 1.807) is 53.9 Å². The van der Waals surface area contributed by atoms with Crippen LogP contribution in [0.15, 0.2) is 17.0 Å². The van der Waals surface area contributed by atoms with Crippen LogP contribution in [0, 0.1) is 13.8 Å². The van der Waals surface area contributed by atoms with Crippen molar-refractivity contribution in [2.45, 2.75) is 70.4 Å². The number of nitrogens with zero attached hydrogens (tertiary/aromatic N) is 1. The van der Waals surface area contributed by atoms with Crippen molar-refractivity contribution in [2.75, 3.05) is 26.9 Å². The molecule has 0 bridgehead atoms. The molecule has 0 saturated carbocycles. The van der Waals surface area contributed by atoms with Crippen molar-refractivity contribution in [1.29, 1.82) is 0 Å². The Morgan fingerprint density at radius 2 is 1.79 bits per heavy atom. The molecule has 0 aliphatic carbocycles. The van der Waals surface area contributed by atoms with Crippen LogP contribution < -0.4 is 4.74 Å². The Bertz CT molecular complexity index is 805. The number of benzene rings is 1. The first kappa shape index (κ1) is 23.6. The quantitative estimate of drug-likeness (QED) is 0.622. The summed E-state index contributed by atoms with van der Waals surface area (Å²) in [4.78, 5) is 12.2.